The Labute approximate surface area is 107 Å². The van der Waals surface area contributed by atoms with Crippen LogP contribution in [0.15, 0.2) is 36.8 Å². The van der Waals surface area contributed by atoms with E-state index in [4.69, 9.17) is 0 Å². The van der Waals surface area contributed by atoms with Crippen LogP contribution < -0.4 is 4.90 Å². The van der Waals surface area contributed by atoms with Crippen molar-refractivity contribution in [1.82, 2.24) is 15.0 Å². The van der Waals surface area contributed by atoms with E-state index >= 15 is 0 Å². The highest BCUT2D eigenvalue weighted by Gasteiger charge is 2.32. The summed E-state index contributed by atoms with van der Waals surface area (Å²) >= 11 is 0. The zero-order valence-electron chi connectivity index (χ0n) is 10.1. The van der Waals surface area contributed by atoms with E-state index in [1.165, 1.54) is 24.5 Å². The first-order valence-electron chi connectivity index (χ1n) is 5.47. The van der Waals surface area contributed by atoms with Gasteiger partial charge in [0.1, 0.15) is 11.5 Å². The van der Waals surface area contributed by atoms with Crippen LogP contribution in [0, 0.1) is 0 Å². The van der Waals surface area contributed by atoms with Crippen LogP contribution in [0.3, 0.4) is 0 Å². The minimum absolute atomic E-state index is 0.237. The van der Waals surface area contributed by atoms with E-state index in [1.807, 2.05) is 0 Å². The summed E-state index contributed by atoms with van der Waals surface area (Å²) in [5, 5.41) is 0. The summed E-state index contributed by atoms with van der Waals surface area (Å²) in [6.45, 7) is 0.335. The molecule has 0 atom stereocenters. The second-order valence-electron chi connectivity index (χ2n) is 3.93. The molecule has 0 saturated heterocycles. The molecule has 0 radical (unpaired) electrons. The number of halogens is 3. The number of hydrogen-bond acceptors (Lipinski definition) is 4. The molecule has 0 unspecified atom stereocenters. The number of alkyl halides is 3. The van der Waals surface area contributed by atoms with Crippen LogP contribution in [0.4, 0.5) is 19.0 Å². The quantitative estimate of drug-likeness (QED) is 0.857. The highest BCUT2D eigenvalue weighted by Crippen LogP contribution is 2.28. The smallest absolute Gasteiger partial charge is 0.354 e. The lowest BCUT2D eigenvalue weighted by atomic mass is 10.3. The maximum absolute atomic E-state index is 12.6. The van der Waals surface area contributed by atoms with Gasteiger partial charge >= 0.3 is 6.18 Å². The first kappa shape index (κ1) is 13.3. The third-order valence-corrected chi connectivity index (χ3v) is 2.43. The number of hydrogen-bond donors (Lipinski definition) is 0. The van der Waals surface area contributed by atoms with Crippen molar-refractivity contribution in [1.29, 1.82) is 0 Å². The second-order valence-corrected chi connectivity index (χ2v) is 3.93. The van der Waals surface area contributed by atoms with Gasteiger partial charge < -0.3 is 4.90 Å². The van der Waals surface area contributed by atoms with Gasteiger partial charge in [0.05, 0.1) is 18.4 Å². The number of anilines is 1. The van der Waals surface area contributed by atoms with Gasteiger partial charge in [0.15, 0.2) is 0 Å². The van der Waals surface area contributed by atoms with Crippen molar-refractivity contribution >= 4 is 5.82 Å². The minimum atomic E-state index is -4.44. The fourth-order valence-electron chi connectivity index (χ4n) is 1.53. The summed E-state index contributed by atoms with van der Waals surface area (Å²) in [6, 6.07) is 3.80. The zero-order chi connectivity index (χ0) is 13.9. The van der Waals surface area contributed by atoms with Crippen molar-refractivity contribution in [2.24, 2.45) is 0 Å². The van der Waals surface area contributed by atoms with E-state index in [-0.39, 0.29) is 5.82 Å². The molecule has 0 saturated carbocycles. The standard InChI is InChI=1S/C12H11F3N4/c1-19(8-9-7-16-5-6-17-9)11-4-2-3-10(18-11)12(13,14)15/h2-7H,8H2,1H3. The van der Waals surface area contributed by atoms with Gasteiger partial charge in [-0.05, 0) is 12.1 Å². The van der Waals surface area contributed by atoms with Crippen molar-refractivity contribution in [2.45, 2.75) is 12.7 Å². The van der Waals surface area contributed by atoms with Crippen LogP contribution in [-0.2, 0) is 12.7 Å². The van der Waals surface area contributed by atoms with Gasteiger partial charge in [-0.2, -0.15) is 13.2 Å². The van der Waals surface area contributed by atoms with E-state index in [9.17, 15) is 13.2 Å². The van der Waals surface area contributed by atoms with E-state index in [0.29, 0.717) is 12.2 Å². The highest BCUT2D eigenvalue weighted by molar-refractivity contribution is 5.39. The molecule has 0 N–H and O–H groups in total. The van der Waals surface area contributed by atoms with Crippen molar-refractivity contribution < 1.29 is 13.2 Å². The number of aromatic nitrogens is 3. The van der Waals surface area contributed by atoms with Gasteiger partial charge in [-0.3, -0.25) is 9.97 Å². The monoisotopic (exact) mass is 268 g/mol. The SMILES string of the molecule is CN(Cc1cnccn1)c1cccc(C(F)(F)F)n1. The summed E-state index contributed by atoms with van der Waals surface area (Å²) in [7, 11) is 1.65. The van der Waals surface area contributed by atoms with Gasteiger partial charge in [0, 0.05) is 19.4 Å². The van der Waals surface area contributed by atoms with Crippen LogP contribution >= 0.6 is 0 Å². The second kappa shape index (κ2) is 5.21. The van der Waals surface area contributed by atoms with Crippen LogP contribution in [0.5, 0.6) is 0 Å². The zero-order valence-corrected chi connectivity index (χ0v) is 10.1. The maximum Gasteiger partial charge on any atom is 0.433 e. The van der Waals surface area contributed by atoms with E-state index in [2.05, 4.69) is 15.0 Å². The third kappa shape index (κ3) is 3.40. The average Bonchev–Trinajstić information content (AvgIpc) is 2.39. The molecule has 0 aromatic carbocycles. The van der Waals surface area contributed by atoms with Gasteiger partial charge in [-0.1, -0.05) is 6.07 Å². The molecule has 4 nitrogen and oxygen atoms in total. The van der Waals surface area contributed by atoms with Crippen LogP contribution in [0.25, 0.3) is 0 Å². The molecular formula is C12H11F3N4. The molecule has 0 aliphatic rings. The first-order valence-corrected chi connectivity index (χ1v) is 5.47. The Morgan fingerprint density at radius 1 is 1.21 bits per heavy atom. The van der Waals surface area contributed by atoms with Crippen LogP contribution in [0.1, 0.15) is 11.4 Å². The van der Waals surface area contributed by atoms with Gasteiger partial charge in [-0.15, -0.1) is 0 Å². The molecule has 7 heteroatoms. The Kier molecular flexibility index (Phi) is 3.64. The summed E-state index contributed by atoms with van der Waals surface area (Å²) < 4.78 is 37.7. The minimum Gasteiger partial charge on any atom is -0.354 e. The molecule has 0 fully saturated rings. The summed E-state index contributed by atoms with van der Waals surface area (Å²) in [5.41, 5.74) is -0.250. The topological polar surface area (TPSA) is 41.9 Å². The molecule has 2 rings (SSSR count). The number of pyridine rings is 1. The van der Waals surface area contributed by atoms with Crippen molar-refractivity contribution in [3.05, 3.63) is 48.2 Å². The van der Waals surface area contributed by atoms with Crippen LogP contribution in [0.2, 0.25) is 0 Å². The predicted molar refractivity (Wildman–Crippen MR) is 63.4 cm³/mol. The average molecular weight is 268 g/mol. The van der Waals surface area contributed by atoms with Crippen molar-refractivity contribution in [3.8, 4) is 0 Å². The Morgan fingerprint density at radius 3 is 2.63 bits per heavy atom. The molecule has 2 heterocycles. The van der Waals surface area contributed by atoms with Gasteiger partial charge in [-0.25, -0.2) is 4.98 Å². The number of rotatable bonds is 3. The van der Waals surface area contributed by atoms with Crippen molar-refractivity contribution in [2.75, 3.05) is 11.9 Å². The molecule has 2 aromatic heterocycles. The summed E-state index contributed by atoms with van der Waals surface area (Å²) in [4.78, 5) is 13.1. The fraction of sp³-hybridized carbons (Fsp3) is 0.250. The van der Waals surface area contributed by atoms with Crippen LogP contribution in [-0.4, -0.2) is 22.0 Å². The van der Waals surface area contributed by atoms with Crippen molar-refractivity contribution in [3.63, 3.8) is 0 Å². The van der Waals surface area contributed by atoms with E-state index in [1.54, 1.807) is 18.1 Å². The predicted octanol–water partition coefficient (Wildman–Crippen LogP) is 2.53. The largest absolute Gasteiger partial charge is 0.433 e. The van der Waals surface area contributed by atoms with Gasteiger partial charge in [0.25, 0.3) is 0 Å². The molecule has 100 valence electrons. The van der Waals surface area contributed by atoms with Gasteiger partial charge in [0.2, 0.25) is 0 Å². The van der Waals surface area contributed by atoms with E-state index < -0.39 is 11.9 Å². The molecule has 2 aromatic rings. The third-order valence-electron chi connectivity index (χ3n) is 2.43. The lowest BCUT2D eigenvalue weighted by Gasteiger charge is -2.18. The molecule has 0 amide bonds. The Bertz CT molecular complexity index is 542. The molecular weight excluding hydrogens is 257 g/mol. The lowest BCUT2D eigenvalue weighted by Crippen LogP contribution is -2.20. The highest BCUT2D eigenvalue weighted by atomic mass is 19.4. The molecule has 19 heavy (non-hydrogen) atoms. The fourth-order valence-corrected chi connectivity index (χ4v) is 1.53. The molecule has 0 bridgehead atoms. The molecule has 0 aliphatic carbocycles. The number of nitrogens with zero attached hydrogens (tertiary/aromatic N) is 4. The summed E-state index contributed by atoms with van der Waals surface area (Å²) in [6.07, 6.45) is 0.183. The molecule has 0 spiro atoms. The van der Waals surface area contributed by atoms with E-state index in [0.717, 1.165) is 6.07 Å². The Hall–Kier alpha value is -2.18. The first-order chi connectivity index (χ1) is 8.97. The molecule has 0 aliphatic heterocycles. The lowest BCUT2D eigenvalue weighted by molar-refractivity contribution is -0.141. The normalized spacial score (nSPS) is 11.4. The Balaban J connectivity index is 2.18. The maximum atomic E-state index is 12.6. The summed E-state index contributed by atoms with van der Waals surface area (Å²) in [5.74, 6) is 0.237. The Morgan fingerprint density at radius 2 is 2.00 bits per heavy atom.